The van der Waals surface area contributed by atoms with Gasteiger partial charge in [0.05, 0.1) is 16.8 Å². The molecule has 0 bridgehead atoms. The Morgan fingerprint density at radius 3 is 2.19 bits per heavy atom. The van der Waals surface area contributed by atoms with Crippen molar-refractivity contribution in [2.75, 3.05) is 6.61 Å². The van der Waals surface area contributed by atoms with E-state index >= 15 is 0 Å². The number of carbonyl (C=O) groups excluding carboxylic acids is 1. The Bertz CT molecular complexity index is 882. The van der Waals surface area contributed by atoms with Crippen LogP contribution >= 0.6 is 0 Å². The number of carbonyl (C=O) groups is 1. The number of nitrogens with zero attached hydrogens (tertiary/aromatic N) is 3. The molecule has 144 valence electrons. The highest BCUT2D eigenvalue weighted by molar-refractivity contribution is 5.96. The Kier molecular flexibility index (Phi) is 4.74. The van der Waals surface area contributed by atoms with Gasteiger partial charge in [0.1, 0.15) is 12.3 Å². The predicted molar refractivity (Wildman–Crippen MR) is 109 cm³/mol. The lowest BCUT2D eigenvalue weighted by atomic mass is 9.95. The van der Waals surface area contributed by atoms with Crippen LogP contribution in [0.25, 0.3) is 11.1 Å². The summed E-state index contributed by atoms with van der Waals surface area (Å²) >= 11 is 0. The molecule has 5 heteroatoms. The maximum Gasteiger partial charge on any atom is 0.216 e. The Labute approximate surface area is 161 Å². The fourth-order valence-electron chi connectivity index (χ4n) is 3.38. The molecule has 0 unspecified atom stereocenters. The van der Waals surface area contributed by atoms with Gasteiger partial charge in [0.2, 0.25) is 5.90 Å². The molecule has 0 saturated heterocycles. The highest BCUT2D eigenvalue weighted by Gasteiger charge is 2.29. The highest BCUT2D eigenvalue weighted by atomic mass is 16.5. The van der Waals surface area contributed by atoms with Gasteiger partial charge in [-0.1, -0.05) is 26.0 Å². The van der Waals surface area contributed by atoms with Crippen molar-refractivity contribution in [3.05, 3.63) is 41.2 Å². The number of aromatic nitrogens is 2. The van der Waals surface area contributed by atoms with E-state index in [1.807, 2.05) is 28.9 Å². The second kappa shape index (κ2) is 6.63. The Morgan fingerprint density at radius 2 is 1.74 bits per heavy atom. The van der Waals surface area contributed by atoms with Crippen LogP contribution in [0.3, 0.4) is 0 Å². The third-order valence-corrected chi connectivity index (χ3v) is 4.63. The van der Waals surface area contributed by atoms with Gasteiger partial charge in [-0.05, 0) is 58.2 Å². The lowest BCUT2D eigenvalue weighted by Gasteiger charge is -2.24. The van der Waals surface area contributed by atoms with E-state index in [0.29, 0.717) is 18.2 Å². The molecule has 0 radical (unpaired) electrons. The van der Waals surface area contributed by atoms with Gasteiger partial charge >= 0.3 is 0 Å². The molecule has 1 aromatic carbocycles. The Morgan fingerprint density at radius 1 is 1.15 bits per heavy atom. The van der Waals surface area contributed by atoms with Crippen LogP contribution in [0.2, 0.25) is 0 Å². The van der Waals surface area contributed by atoms with Gasteiger partial charge in [-0.2, -0.15) is 5.10 Å². The second-order valence-electron chi connectivity index (χ2n) is 9.10. The number of hydrogen-bond donors (Lipinski definition) is 0. The van der Waals surface area contributed by atoms with Gasteiger partial charge < -0.3 is 4.74 Å². The third-order valence-electron chi connectivity index (χ3n) is 4.63. The van der Waals surface area contributed by atoms with Gasteiger partial charge in [0, 0.05) is 11.1 Å². The van der Waals surface area contributed by atoms with E-state index in [0.717, 1.165) is 28.7 Å². The molecule has 3 rings (SSSR count). The van der Waals surface area contributed by atoms with Crippen molar-refractivity contribution in [3.63, 3.8) is 0 Å². The Hall–Kier alpha value is -2.43. The number of aldehydes is 1. The SMILES string of the molecule is CC(C)c1c(-c2ccc(C3=NC(C)(C)CO3)cc2)c(C=O)nn1C(C)(C)C. The number of benzene rings is 1. The first kappa shape index (κ1) is 19.3. The molecule has 0 spiro atoms. The molecule has 1 aromatic heterocycles. The van der Waals surface area contributed by atoms with E-state index < -0.39 is 0 Å². The smallest absolute Gasteiger partial charge is 0.216 e. The third kappa shape index (κ3) is 3.68. The van der Waals surface area contributed by atoms with E-state index in [1.165, 1.54) is 0 Å². The summed E-state index contributed by atoms with van der Waals surface area (Å²) in [5.41, 5.74) is 4.02. The van der Waals surface area contributed by atoms with E-state index in [1.54, 1.807) is 0 Å². The summed E-state index contributed by atoms with van der Waals surface area (Å²) in [5, 5.41) is 4.62. The van der Waals surface area contributed by atoms with Crippen molar-refractivity contribution in [2.45, 2.75) is 65.5 Å². The van der Waals surface area contributed by atoms with Crippen molar-refractivity contribution >= 4 is 12.2 Å². The van der Waals surface area contributed by atoms with E-state index in [-0.39, 0.29) is 17.0 Å². The van der Waals surface area contributed by atoms with Crippen molar-refractivity contribution in [3.8, 4) is 11.1 Å². The monoisotopic (exact) mass is 367 g/mol. The van der Waals surface area contributed by atoms with E-state index in [4.69, 9.17) is 4.74 Å². The minimum atomic E-state index is -0.201. The van der Waals surface area contributed by atoms with Crippen LogP contribution in [0, 0.1) is 0 Å². The predicted octanol–water partition coefficient (Wildman–Crippen LogP) is 4.80. The lowest BCUT2D eigenvalue weighted by Crippen LogP contribution is -2.26. The summed E-state index contributed by atoms with van der Waals surface area (Å²) in [6.45, 7) is 15.3. The van der Waals surface area contributed by atoms with Gasteiger partial charge in [-0.3, -0.25) is 9.48 Å². The molecule has 2 aromatic rings. The molecule has 0 fully saturated rings. The van der Waals surface area contributed by atoms with Crippen molar-refractivity contribution in [2.24, 2.45) is 4.99 Å². The summed E-state index contributed by atoms with van der Waals surface area (Å²) in [6, 6.07) is 8.05. The summed E-state index contributed by atoms with van der Waals surface area (Å²) < 4.78 is 7.72. The van der Waals surface area contributed by atoms with Gasteiger partial charge in [0.15, 0.2) is 6.29 Å². The fraction of sp³-hybridized carbons (Fsp3) is 0.500. The molecule has 1 aliphatic heterocycles. The maximum atomic E-state index is 11.7. The number of hydrogen-bond acceptors (Lipinski definition) is 4. The normalized spacial score (nSPS) is 16.4. The summed E-state index contributed by atoms with van der Waals surface area (Å²) in [6.07, 6.45) is 0.851. The first-order valence-corrected chi connectivity index (χ1v) is 9.45. The molecule has 0 atom stereocenters. The second-order valence-corrected chi connectivity index (χ2v) is 9.10. The average Bonchev–Trinajstić information content (AvgIpc) is 3.15. The summed E-state index contributed by atoms with van der Waals surface area (Å²) in [7, 11) is 0. The molecule has 0 aliphatic carbocycles. The fourth-order valence-corrected chi connectivity index (χ4v) is 3.38. The van der Waals surface area contributed by atoms with Gasteiger partial charge in [-0.15, -0.1) is 0 Å². The zero-order valence-corrected chi connectivity index (χ0v) is 17.3. The van der Waals surface area contributed by atoms with E-state index in [9.17, 15) is 4.79 Å². The molecule has 0 saturated carbocycles. The lowest BCUT2D eigenvalue weighted by molar-refractivity contribution is 0.111. The molecular formula is C22H29N3O2. The summed E-state index contributed by atoms with van der Waals surface area (Å²) in [4.78, 5) is 16.4. The van der Waals surface area contributed by atoms with Crippen LogP contribution in [0.15, 0.2) is 29.3 Å². The topological polar surface area (TPSA) is 56.5 Å². The number of rotatable bonds is 4. The quantitative estimate of drug-likeness (QED) is 0.730. The molecule has 1 aliphatic rings. The standard InChI is InChI=1S/C22H29N3O2/c1-14(2)19-18(17(12-26)24-25(19)21(3,4)5)15-8-10-16(11-9-15)20-23-22(6,7)13-27-20/h8-12,14H,13H2,1-7H3. The number of ether oxygens (including phenoxy) is 1. The molecule has 2 heterocycles. The number of aliphatic imine (C=N–C) groups is 1. The maximum absolute atomic E-state index is 11.7. The first-order chi connectivity index (χ1) is 12.5. The van der Waals surface area contributed by atoms with E-state index in [2.05, 4.69) is 58.6 Å². The molecule has 0 amide bonds. The highest BCUT2D eigenvalue weighted by Crippen LogP contribution is 2.35. The van der Waals surface area contributed by atoms with Crippen molar-refractivity contribution < 1.29 is 9.53 Å². The molecule has 27 heavy (non-hydrogen) atoms. The van der Waals surface area contributed by atoms with Crippen LogP contribution in [-0.4, -0.2) is 34.1 Å². The first-order valence-electron chi connectivity index (χ1n) is 9.45. The zero-order valence-electron chi connectivity index (χ0n) is 17.3. The van der Waals surface area contributed by atoms with Crippen LogP contribution in [0.4, 0.5) is 0 Å². The molecule has 5 nitrogen and oxygen atoms in total. The van der Waals surface area contributed by atoms with Crippen LogP contribution in [-0.2, 0) is 10.3 Å². The minimum Gasteiger partial charge on any atom is -0.475 e. The van der Waals surface area contributed by atoms with Crippen LogP contribution in [0.1, 0.15) is 76.1 Å². The largest absolute Gasteiger partial charge is 0.475 e. The minimum absolute atomic E-state index is 0.183. The van der Waals surface area contributed by atoms with Crippen molar-refractivity contribution in [1.29, 1.82) is 0 Å². The van der Waals surface area contributed by atoms with Gasteiger partial charge in [0.25, 0.3) is 0 Å². The molecule has 0 N–H and O–H groups in total. The molecular weight excluding hydrogens is 338 g/mol. The average molecular weight is 367 g/mol. The van der Waals surface area contributed by atoms with Crippen molar-refractivity contribution in [1.82, 2.24) is 9.78 Å². The zero-order chi connectivity index (χ0) is 20.0. The summed E-state index contributed by atoms with van der Waals surface area (Å²) in [5.74, 6) is 0.917. The van der Waals surface area contributed by atoms with Gasteiger partial charge in [-0.25, -0.2) is 4.99 Å². The van der Waals surface area contributed by atoms with Crippen LogP contribution < -0.4 is 0 Å². The van der Waals surface area contributed by atoms with Crippen LogP contribution in [0.5, 0.6) is 0 Å². The Balaban J connectivity index is 2.09.